The van der Waals surface area contributed by atoms with Gasteiger partial charge >= 0.3 is 0 Å². The number of rotatable bonds is 3. The zero-order chi connectivity index (χ0) is 9.52. The first-order valence-corrected chi connectivity index (χ1v) is 4.11. The first kappa shape index (κ1) is 9.40. The summed E-state index contributed by atoms with van der Waals surface area (Å²) in [5.41, 5.74) is 0.889. The van der Waals surface area contributed by atoms with E-state index < -0.39 is 0 Å². The number of allylic oxidation sites excluding steroid dienone is 3. The third kappa shape index (κ3) is 2.68. The van der Waals surface area contributed by atoms with Gasteiger partial charge in [-0.2, -0.15) is 0 Å². The van der Waals surface area contributed by atoms with Gasteiger partial charge in [-0.3, -0.25) is 0 Å². The lowest BCUT2D eigenvalue weighted by Crippen LogP contribution is -2.26. The highest BCUT2D eigenvalue weighted by Crippen LogP contribution is 2.07. The van der Waals surface area contributed by atoms with E-state index in [0.29, 0.717) is 6.42 Å². The molecule has 0 spiro atoms. The molecule has 0 fully saturated rings. The quantitative estimate of drug-likeness (QED) is 0.304. The lowest BCUT2D eigenvalue weighted by molar-refractivity contribution is 0.318. The van der Waals surface area contributed by atoms with E-state index in [9.17, 15) is 0 Å². The molecule has 1 rings (SSSR count). The van der Waals surface area contributed by atoms with E-state index in [-0.39, 0.29) is 0 Å². The monoisotopic (exact) mass is 176 g/mol. The predicted octanol–water partition coefficient (Wildman–Crippen LogP) is 1.23. The van der Waals surface area contributed by atoms with Gasteiger partial charge in [0.15, 0.2) is 0 Å². The molecule has 0 radical (unpaired) electrons. The van der Waals surface area contributed by atoms with Gasteiger partial charge in [-0.1, -0.05) is 17.3 Å². The number of oxime groups is 1. The Morgan fingerprint density at radius 2 is 2.62 bits per heavy atom. The van der Waals surface area contributed by atoms with Crippen molar-refractivity contribution in [2.24, 2.45) is 5.16 Å². The van der Waals surface area contributed by atoms with Gasteiger partial charge in [0.25, 0.3) is 0 Å². The highest BCUT2D eigenvalue weighted by Gasteiger charge is 2.07. The van der Waals surface area contributed by atoms with Crippen molar-refractivity contribution in [3.05, 3.63) is 23.9 Å². The minimum atomic E-state index is 0.699. The zero-order valence-corrected chi connectivity index (χ0v) is 7.35. The van der Waals surface area contributed by atoms with Crippen LogP contribution in [0.5, 0.6) is 0 Å². The van der Waals surface area contributed by atoms with E-state index >= 15 is 0 Å². The molecular formula is C10H12N2O. The van der Waals surface area contributed by atoms with Crippen LogP contribution in [0, 0.1) is 12.3 Å². The average Bonchev–Trinajstić information content (AvgIpc) is 2.17. The largest absolute Gasteiger partial charge is 0.411 e. The van der Waals surface area contributed by atoms with Gasteiger partial charge < -0.3 is 10.1 Å². The molecule has 0 aromatic heterocycles. The summed E-state index contributed by atoms with van der Waals surface area (Å²) in [5, 5.41) is 11.4. The number of terminal acetylenes is 1. The molecule has 0 aromatic carbocycles. The van der Waals surface area contributed by atoms with E-state index in [1.54, 1.807) is 0 Å². The Bertz CT molecular complexity index is 284. The van der Waals surface area contributed by atoms with Crippen LogP contribution < -0.4 is 0 Å². The standard InChI is InChI=1S/C10H12N2O/c1-2-3-7-12-8-5-4-6-10(12)9-11-13/h1,4-6,9,13H,3,7-8H2. The average molecular weight is 176 g/mol. The van der Waals surface area contributed by atoms with Crippen molar-refractivity contribution in [2.75, 3.05) is 13.1 Å². The fraction of sp³-hybridized carbons (Fsp3) is 0.300. The molecule has 1 aliphatic rings. The van der Waals surface area contributed by atoms with Gasteiger partial charge in [0, 0.05) is 19.5 Å². The van der Waals surface area contributed by atoms with Crippen LogP contribution >= 0.6 is 0 Å². The summed E-state index contributed by atoms with van der Waals surface area (Å²) < 4.78 is 0. The summed E-state index contributed by atoms with van der Waals surface area (Å²) in [4.78, 5) is 2.06. The smallest absolute Gasteiger partial charge is 0.0895 e. The lowest BCUT2D eigenvalue weighted by Gasteiger charge is -2.24. The van der Waals surface area contributed by atoms with Gasteiger partial charge in [-0.05, 0) is 6.08 Å². The number of hydrogen-bond acceptors (Lipinski definition) is 3. The van der Waals surface area contributed by atoms with Crippen LogP contribution in [0.15, 0.2) is 29.1 Å². The first-order chi connectivity index (χ1) is 6.38. The first-order valence-electron chi connectivity index (χ1n) is 4.11. The fourth-order valence-corrected chi connectivity index (χ4v) is 1.17. The Labute approximate surface area is 78.0 Å². The second kappa shape index (κ2) is 5.04. The van der Waals surface area contributed by atoms with Crippen molar-refractivity contribution in [1.29, 1.82) is 0 Å². The molecule has 13 heavy (non-hydrogen) atoms. The molecular weight excluding hydrogens is 164 g/mol. The Kier molecular flexibility index (Phi) is 3.65. The minimum Gasteiger partial charge on any atom is -0.411 e. The van der Waals surface area contributed by atoms with Crippen LogP contribution in [0.25, 0.3) is 0 Å². The molecule has 0 bridgehead atoms. The van der Waals surface area contributed by atoms with E-state index in [2.05, 4.69) is 16.0 Å². The molecule has 1 aliphatic heterocycles. The van der Waals surface area contributed by atoms with Crippen molar-refractivity contribution >= 4 is 6.21 Å². The van der Waals surface area contributed by atoms with Gasteiger partial charge in [-0.15, -0.1) is 12.3 Å². The highest BCUT2D eigenvalue weighted by atomic mass is 16.4. The summed E-state index contributed by atoms with van der Waals surface area (Å²) in [7, 11) is 0. The van der Waals surface area contributed by atoms with E-state index in [1.807, 2.05) is 18.2 Å². The second-order valence-corrected chi connectivity index (χ2v) is 2.66. The molecule has 3 heteroatoms. The minimum absolute atomic E-state index is 0.699. The summed E-state index contributed by atoms with van der Waals surface area (Å²) in [6, 6.07) is 0. The van der Waals surface area contributed by atoms with Crippen molar-refractivity contribution in [3.8, 4) is 12.3 Å². The summed E-state index contributed by atoms with van der Waals surface area (Å²) in [6.07, 6.45) is 13.1. The lowest BCUT2D eigenvalue weighted by atomic mass is 10.2. The Morgan fingerprint density at radius 3 is 3.31 bits per heavy atom. The van der Waals surface area contributed by atoms with Crippen molar-refractivity contribution in [2.45, 2.75) is 6.42 Å². The molecule has 0 amide bonds. The molecule has 0 saturated heterocycles. The number of nitrogens with zero attached hydrogens (tertiary/aromatic N) is 2. The molecule has 0 saturated carbocycles. The van der Waals surface area contributed by atoms with E-state index in [1.165, 1.54) is 6.21 Å². The van der Waals surface area contributed by atoms with Crippen molar-refractivity contribution < 1.29 is 5.21 Å². The summed E-state index contributed by atoms with van der Waals surface area (Å²) >= 11 is 0. The fourth-order valence-electron chi connectivity index (χ4n) is 1.17. The van der Waals surface area contributed by atoms with Gasteiger partial charge in [0.2, 0.25) is 0 Å². The molecule has 68 valence electrons. The zero-order valence-electron chi connectivity index (χ0n) is 7.35. The molecule has 0 atom stereocenters. The number of hydrogen-bond donors (Lipinski definition) is 1. The van der Waals surface area contributed by atoms with Crippen LogP contribution in [-0.4, -0.2) is 29.4 Å². The molecule has 0 unspecified atom stereocenters. The molecule has 0 aliphatic carbocycles. The SMILES string of the molecule is C#CCCN1CC=CC=C1C=NO. The second-order valence-electron chi connectivity index (χ2n) is 2.66. The molecule has 0 aromatic rings. The molecule has 3 nitrogen and oxygen atoms in total. The summed E-state index contributed by atoms with van der Waals surface area (Å²) in [6.45, 7) is 1.61. The topological polar surface area (TPSA) is 35.8 Å². The Morgan fingerprint density at radius 1 is 1.77 bits per heavy atom. The normalized spacial score (nSPS) is 15.9. The third-order valence-corrected chi connectivity index (χ3v) is 1.81. The van der Waals surface area contributed by atoms with Gasteiger partial charge in [0.05, 0.1) is 11.9 Å². The van der Waals surface area contributed by atoms with Crippen LogP contribution in [-0.2, 0) is 0 Å². The maximum absolute atomic E-state index is 8.40. The predicted molar refractivity (Wildman–Crippen MR) is 52.5 cm³/mol. The van der Waals surface area contributed by atoms with Crippen molar-refractivity contribution in [1.82, 2.24) is 4.90 Å². The van der Waals surface area contributed by atoms with Crippen LogP contribution in [0.4, 0.5) is 0 Å². The maximum atomic E-state index is 8.40. The maximum Gasteiger partial charge on any atom is 0.0895 e. The Hall–Kier alpha value is -1.69. The molecule has 1 heterocycles. The highest BCUT2D eigenvalue weighted by molar-refractivity contribution is 5.78. The summed E-state index contributed by atoms with van der Waals surface area (Å²) in [5.74, 6) is 2.58. The molecule has 1 N–H and O–H groups in total. The van der Waals surface area contributed by atoms with E-state index in [4.69, 9.17) is 11.6 Å². The third-order valence-electron chi connectivity index (χ3n) is 1.81. The van der Waals surface area contributed by atoms with Gasteiger partial charge in [-0.25, -0.2) is 0 Å². The van der Waals surface area contributed by atoms with Crippen molar-refractivity contribution in [3.63, 3.8) is 0 Å². The Balaban J connectivity index is 2.59. The van der Waals surface area contributed by atoms with Gasteiger partial charge in [0.1, 0.15) is 0 Å². The van der Waals surface area contributed by atoms with Crippen LogP contribution in [0.2, 0.25) is 0 Å². The van der Waals surface area contributed by atoms with E-state index in [0.717, 1.165) is 18.8 Å². The van der Waals surface area contributed by atoms with Crippen LogP contribution in [0.1, 0.15) is 6.42 Å². The van der Waals surface area contributed by atoms with Crippen LogP contribution in [0.3, 0.4) is 0 Å².